The number of rotatable bonds is 4. The normalized spacial score (nSPS) is 10.9. The van der Waals surface area contributed by atoms with Crippen LogP contribution >= 0.6 is 156 Å². The smallest absolute Gasteiger partial charge is 0.170 e. The van der Waals surface area contributed by atoms with Crippen LogP contribution in [0.15, 0.2) is 119 Å². The lowest BCUT2D eigenvalue weighted by atomic mass is 10.5. The van der Waals surface area contributed by atoms with Crippen LogP contribution in [-0.4, -0.2) is 96.9 Å². The van der Waals surface area contributed by atoms with Gasteiger partial charge in [-0.05, 0) is 148 Å². The van der Waals surface area contributed by atoms with Gasteiger partial charge in [0.1, 0.15) is 41.3 Å². The van der Waals surface area contributed by atoms with Gasteiger partial charge in [-0.2, -0.15) is 0 Å². The molecule has 10 aromatic heterocycles. The summed E-state index contributed by atoms with van der Waals surface area (Å²) in [6.45, 7) is 3.98. The number of fused-ring (bicyclic) bond motifs is 5. The van der Waals surface area contributed by atoms with E-state index in [1.165, 1.54) is 0 Å². The number of nitrogens with zero attached hydrogens (tertiary/aromatic N) is 15. The summed E-state index contributed by atoms with van der Waals surface area (Å²) in [7, 11) is 0. The Labute approximate surface area is 427 Å². The SMILES string of the molecule is Brc1cn2ccnc2c(Br)n1.CSc1nc(Br)cn2c(I)cnc12.CSc1nc(Br)cn2ccnc12.CSc1nc(C)cn2c(I)cnc12.CSc1nc(C)cn2ccnc12. The molecule has 0 unspecified atom stereocenters. The zero-order valence-electron chi connectivity index (χ0n) is 32.6. The summed E-state index contributed by atoms with van der Waals surface area (Å²) in [5, 5.41) is 3.86. The van der Waals surface area contributed by atoms with Gasteiger partial charge in [0, 0.05) is 68.2 Å². The molecule has 15 nitrogen and oxygen atoms in total. The van der Waals surface area contributed by atoms with E-state index >= 15 is 0 Å². The molecule has 0 aliphatic rings. The molecule has 10 aromatic rings. The topological polar surface area (TPSA) is 151 Å². The molecule has 0 aliphatic heterocycles. The summed E-state index contributed by atoms with van der Waals surface area (Å²) >= 11 is 24.2. The molecule has 0 saturated carbocycles. The van der Waals surface area contributed by atoms with Crippen LogP contribution in [0.2, 0.25) is 0 Å². The number of hydrogen-bond donors (Lipinski definition) is 0. The average Bonchev–Trinajstić information content (AvgIpc) is 4.11. The molecule has 316 valence electrons. The Balaban J connectivity index is 0.000000128. The second-order valence-corrected chi connectivity index (χ2v) is 20.4. The molecule has 0 fully saturated rings. The van der Waals surface area contributed by atoms with Crippen LogP contribution < -0.4 is 0 Å². The molecule has 0 aliphatic carbocycles. The predicted octanol–water partition coefficient (Wildman–Crippen LogP) is 11.4. The number of aromatic nitrogens is 15. The zero-order chi connectivity index (χ0) is 43.8. The number of thioether (sulfide) groups is 4. The average molecular weight is 1380 g/mol. The summed E-state index contributed by atoms with van der Waals surface area (Å²) < 4.78 is 15.3. The van der Waals surface area contributed by atoms with Gasteiger partial charge in [0.25, 0.3) is 0 Å². The molecule has 0 bridgehead atoms. The van der Waals surface area contributed by atoms with E-state index in [0.717, 1.165) is 85.5 Å². The number of imidazole rings is 5. The minimum Gasteiger partial charge on any atom is -0.303 e. The lowest BCUT2D eigenvalue weighted by molar-refractivity contribution is 0.975. The van der Waals surface area contributed by atoms with E-state index in [4.69, 9.17) is 0 Å². The highest BCUT2D eigenvalue weighted by atomic mass is 127. The maximum atomic E-state index is 4.41. The van der Waals surface area contributed by atoms with Crippen LogP contribution in [0.25, 0.3) is 28.2 Å². The van der Waals surface area contributed by atoms with Gasteiger partial charge in [0.2, 0.25) is 0 Å². The van der Waals surface area contributed by atoms with E-state index in [9.17, 15) is 0 Å². The first-order valence-corrected chi connectivity index (χ1v) is 27.4. The first-order chi connectivity index (χ1) is 29.3. The van der Waals surface area contributed by atoms with Crippen molar-refractivity contribution >= 4 is 184 Å². The molecule has 0 radical (unpaired) electrons. The van der Waals surface area contributed by atoms with Gasteiger partial charge in [-0.25, -0.2) is 49.8 Å². The number of hydrogen-bond acceptors (Lipinski definition) is 14. The van der Waals surface area contributed by atoms with Crippen LogP contribution in [0.4, 0.5) is 0 Å². The van der Waals surface area contributed by atoms with Crippen LogP contribution in [0, 0.1) is 21.2 Å². The first-order valence-electron chi connectivity index (χ1n) is 17.1. The summed E-state index contributed by atoms with van der Waals surface area (Å²) in [5.41, 5.74) is 6.58. The van der Waals surface area contributed by atoms with Crippen LogP contribution in [-0.2, 0) is 0 Å². The Morgan fingerprint density at radius 2 is 0.820 bits per heavy atom. The molecular weight excluding hydrogens is 1340 g/mol. The Morgan fingerprint density at radius 3 is 1.34 bits per heavy atom. The molecule has 0 spiro atoms. The van der Waals surface area contributed by atoms with Crippen molar-refractivity contribution in [2.24, 2.45) is 0 Å². The highest BCUT2D eigenvalue weighted by molar-refractivity contribution is 14.1. The van der Waals surface area contributed by atoms with Crippen LogP contribution in [0.3, 0.4) is 0 Å². The highest BCUT2D eigenvalue weighted by Crippen LogP contribution is 2.24. The monoisotopic (exact) mass is 1370 g/mol. The second kappa shape index (κ2) is 22.7. The van der Waals surface area contributed by atoms with Crippen molar-refractivity contribution in [2.75, 3.05) is 25.0 Å². The third-order valence-corrected chi connectivity index (χ3v) is 13.7. The van der Waals surface area contributed by atoms with Crippen molar-refractivity contribution in [1.29, 1.82) is 0 Å². The summed E-state index contributed by atoms with van der Waals surface area (Å²) in [6, 6.07) is 0. The van der Waals surface area contributed by atoms with Gasteiger partial charge in [-0.15, -0.1) is 47.0 Å². The van der Waals surface area contributed by atoms with Crippen LogP contribution in [0.1, 0.15) is 11.4 Å². The van der Waals surface area contributed by atoms with Gasteiger partial charge in [0.15, 0.2) is 32.8 Å². The first kappa shape index (κ1) is 48.3. The van der Waals surface area contributed by atoms with E-state index in [0.29, 0.717) is 0 Å². The molecule has 0 aromatic carbocycles. The zero-order valence-corrected chi connectivity index (χ0v) is 46.5. The Hall–Kier alpha value is -2.12. The van der Waals surface area contributed by atoms with Crippen molar-refractivity contribution in [3.05, 3.63) is 118 Å². The lowest BCUT2D eigenvalue weighted by Gasteiger charge is -2.01. The van der Waals surface area contributed by atoms with Crippen molar-refractivity contribution in [3.8, 4) is 0 Å². The minimum atomic E-state index is 0.747. The fourth-order valence-corrected chi connectivity index (χ4v) is 10.6. The van der Waals surface area contributed by atoms with Crippen molar-refractivity contribution in [2.45, 2.75) is 34.0 Å². The van der Waals surface area contributed by atoms with E-state index in [1.54, 1.807) is 65.6 Å². The summed E-state index contributed by atoms with van der Waals surface area (Å²) in [4.78, 5) is 42.6. The van der Waals surface area contributed by atoms with Gasteiger partial charge in [-0.1, -0.05) is 0 Å². The number of halogens is 6. The molecule has 0 atom stereocenters. The third kappa shape index (κ3) is 12.2. The van der Waals surface area contributed by atoms with E-state index < -0.39 is 0 Å². The molecule has 10 rings (SSSR count). The van der Waals surface area contributed by atoms with Gasteiger partial charge in [-0.3, -0.25) is 8.80 Å². The molecule has 61 heavy (non-hydrogen) atoms. The fraction of sp³-hybridized carbons (Fsp3) is 0.167. The van der Waals surface area contributed by atoms with Crippen molar-refractivity contribution in [3.63, 3.8) is 0 Å². The molecule has 0 N–H and O–H groups in total. The van der Waals surface area contributed by atoms with E-state index in [1.807, 2.05) is 118 Å². The van der Waals surface area contributed by atoms with Crippen molar-refractivity contribution in [1.82, 2.24) is 71.8 Å². The summed E-state index contributed by atoms with van der Waals surface area (Å²) in [5.74, 6) is 0. The molecule has 0 saturated heterocycles. The Bertz CT molecular complexity index is 2920. The maximum Gasteiger partial charge on any atom is 0.170 e. The fourth-order valence-electron chi connectivity index (χ4n) is 5.26. The van der Waals surface area contributed by atoms with E-state index in [2.05, 4.69) is 163 Å². The van der Waals surface area contributed by atoms with Crippen molar-refractivity contribution < 1.29 is 0 Å². The van der Waals surface area contributed by atoms with Gasteiger partial charge >= 0.3 is 0 Å². The molecular formula is C36H31Br4I2N15S4. The molecule has 10 heterocycles. The largest absolute Gasteiger partial charge is 0.303 e. The molecule has 25 heteroatoms. The third-order valence-electron chi connectivity index (χ3n) is 7.78. The van der Waals surface area contributed by atoms with Gasteiger partial charge < -0.3 is 13.2 Å². The van der Waals surface area contributed by atoms with Crippen LogP contribution in [0.5, 0.6) is 0 Å². The highest BCUT2D eigenvalue weighted by Gasteiger charge is 2.09. The van der Waals surface area contributed by atoms with Gasteiger partial charge in [0.05, 0.1) is 23.8 Å². The minimum absolute atomic E-state index is 0.747. The maximum absolute atomic E-state index is 4.41. The van der Waals surface area contributed by atoms with E-state index in [-0.39, 0.29) is 0 Å². The quantitative estimate of drug-likeness (QED) is 0.121. The Morgan fingerprint density at radius 1 is 0.443 bits per heavy atom. The Kier molecular flexibility index (Phi) is 18.0. The second-order valence-electron chi connectivity index (χ2n) is 11.8. The predicted molar refractivity (Wildman–Crippen MR) is 278 cm³/mol. The summed E-state index contributed by atoms with van der Waals surface area (Å²) in [6.07, 6.45) is 32.3. The lowest BCUT2D eigenvalue weighted by Crippen LogP contribution is -1.94. The molecule has 0 amide bonds. The number of aryl methyl sites for hydroxylation is 2. The standard InChI is InChI=1S/C8H8IN3S.C8H9N3S.C7H5BrIN3S.C7H6BrN3S.C6H3Br2N3/c1-5-4-12-6(9)3-10-7(12)8(11-5)13-2;1-6-5-11-4-3-9-7(11)8(10-6)12-2;1-13-7-6-10-2-5(9)12(6)3-4(8)11-7;1-12-7-6-9-2-3-11(6)4-5(8)10-7;7-4-3-11-2-1-9-6(11)5(8)10-4/h3-4H,1-2H3;3-5H,1-2H3;2-3H,1H3;2-4H,1H3;1-3H.